The molecule has 1 amide bonds. The quantitative estimate of drug-likeness (QED) is 0.632. The van der Waals surface area contributed by atoms with Gasteiger partial charge in [0.25, 0.3) is 0 Å². The minimum absolute atomic E-state index is 0.0266. The Hall–Kier alpha value is -2.40. The molecule has 5 heteroatoms. The zero-order valence-corrected chi connectivity index (χ0v) is 15.6. The molecule has 1 aromatic heterocycles. The summed E-state index contributed by atoms with van der Waals surface area (Å²) in [7, 11) is 0. The van der Waals surface area contributed by atoms with Crippen molar-refractivity contribution in [3.63, 3.8) is 0 Å². The Kier molecular flexibility index (Phi) is 5.34. The van der Waals surface area contributed by atoms with E-state index < -0.39 is 0 Å². The fourth-order valence-corrected chi connectivity index (χ4v) is 3.56. The van der Waals surface area contributed by atoms with Crippen LogP contribution in [0.2, 0.25) is 0 Å². The molecule has 3 rings (SSSR count). The molecule has 0 fully saturated rings. The van der Waals surface area contributed by atoms with Crippen LogP contribution in [0.25, 0.3) is 10.2 Å². The molecular formula is C20H22N2O2S. The highest BCUT2D eigenvalue weighted by molar-refractivity contribution is 7.22. The monoisotopic (exact) mass is 354 g/mol. The molecule has 0 spiro atoms. The number of anilines is 1. The van der Waals surface area contributed by atoms with Crippen LogP contribution in [0.3, 0.4) is 0 Å². The predicted molar refractivity (Wildman–Crippen MR) is 104 cm³/mol. The Morgan fingerprint density at radius 1 is 1.16 bits per heavy atom. The molecule has 0 saturated heterocycles. The number of aryl methyl sites for hydroxylation is 3. The van der Waals surface area contributed by atoms with Gasteiger partial charge in [-0.3, -0.25) is 4.79 Å². The lowest BCUT2D eigenvalue weighted by Crippen LogP contribution is -2.12. The van der Waals surface area contributed by atoms with Gasteiger partial charge in [0.2, 0.25) is 5.91 Å². The number of aromatic nitrogens is 1. The second-order valence-corrected chi connectivity index (χ2v) is 7.24. The van der Waals surface area contributed by atoms with Gasteiger partial charge in [0.15, 0.2) is 5.13 Å². The minimum Gasteiger partial charge on any atom is -0.493 e. The second-order valence-electron chi connectivity index (χ2n) is 6.21. The first-order valence-corrected chi connectivity index (χ1v) is 9.20. The van der Waals surface area contributed by atoms with Crippen molar-refractivity contribution in [2.45, 2.75) is 33.6 Å². The summed E-state index contributed by atoms with van der Waals surface area (Å²) in [5.41, 5.74) is 4.36. The zero-order chi connectivity index (χ0) is 17.8. The molecule has 0 aliphatic rings. The van der Waals surface area contributed by atoms with Crippen molar-refractivity contribution in [1.82, 2.24) is 4.98 Å². The van der Waals surface area contributed by atoms with Crippen molar-refractivity contribution in [2.75, 3.05) is 11.9 Å². The first kappa shape index (κ1) is 17.4. The molecule has 0 atom stereocenters. The SMILES string of the molecule is Cc1ccc(C)c(OCCCC(=O)Nc2nc3c(C)cccc3s2)c1. The lowest BCUT2D eigenvalue weighted by Gasteiger charge is -2.09. The van der Waals surface area contributed by atoms with E-state index in [1.807, 2.05) is 51.1 Å². The number of carbonyl (C=O) groups excluding carboxylic acids is 1. The van der Waals surface area contributed by atoms with Gasteiger partial charge in [-0.05, 0) is 56.0 Å². The molecule has 25 heavy (non-hydrogen) atoms. The molecule has 1 heterocycles. The Balaban J connectivity index is 1.49. The number of nitrogens with one attached hydrogen (secondary N) is 1. The number of ether oxygens (including phenoxy) is 1. The number of hydrogen-bond acceptors (Lipinski definition) is 4. The predicted octanol–water partition coefficient (Wildman–Crippen LogP) is 5.02. The third-order valence-electron chi connectivity index (χ3n) is 4.02. The molecule has 0 unspecified atom stereocenters. The van der Waals surface area contributed by atoms with E-state index in [1.165, 1.54) is 16.9 Å². The van der Waals surface area contributed by atoms with Crippen LogP contribution in [0.15, 0.2) is 36.4 Å². The molecule has 2 aromatic carbocycles. The fraction of sp³-hybridized carbons (Fsp3) is 0.300. The molecule has 0 aliphatic heterocycles. The normalized spacial score (nSPS) is 10.8. The first-order valence-electron chi connectivity index (χ1n) is 8.39. The summed E-state index contributed by atoms with van der Waals surface area (Å²) >= 11 is 1.51. The number of hydrogen-bond donors (Lipinski definition) is 1. The zero-order valence-electron chi connectivity index (χ0n) is 14.8. The summed E-state index contributed by atoms with van der Waals surface area (Å²) in [6.45, 7) is 6.62. The van der Waals surface area contributed by atoms with Crippen LogP contribution < -0.4 is 10.1 Å². The largest absolute Gasteiger partial charge is 0.493 e. The van der Waals surface area contributed by atoms with Crippen LogP contribution in [-0.2, 0) is 4.79 Å². The molecule has 1 N–H and O–H groups in total. The van der Waals surface area contributed by atoms with Crippen molar-refractivity contribution >= 4 is 32.6 Å². The average Bonchev–Trinajstić information content (AvgIpc) is 2.98. The standard InChI is InChI=1S/C20H22N2O2S/c1-13-9-10-14(2)16(12-13)24-11-5-8-18(23)21-20-22-19-15(3)6-4-7-17(19)25-20/h4,6-7,9-10,12H,5,8,11H2,1-3H3,(H,21,22,23). The van der Waals surface area contributed by atoms with Gasteiger partial charge in [-0.25, -0.2) is 4.98 Å². The van der Waals surface area contributed by atoms with Crippen LogP contribution in [0.4, 0.5) is 5.13 Å². The van der Waals surface area contributed by atoms with Gasteiger partial charge in [-0.1, -0.05) is 35.6 Å². The van der Waals surface area contributed by atoms with E-state index in [-0.39, 0.29) is 5.91 Å². The summed E-state index contributed by atoms with van der Waals surface area (Å²) in [6, 6.07) is 12.2. The van der Waals surface area contributed by atoms with Crippen LogP contribution >= 0.6 is 11.3 Å². The van der Waals surface area contributed by atoms with E-state index in [0.29, 0.717) is 24.6 Å². The van der Waals surface area contributed by atoms with E-state index >= 15 is 0 Å². The lowest BCUT2D eigenvalue weighted by atomic mass is 10.1. The topological polar surface area (TPSA) is 51.2 Å². The maximum Gasteiger partial charge on any atom is 0.226 e. The molecule has 3 aromatic rings. The van der Waals surface area contributed by atoms with E-state index in [4.69, 9.17) is 4.74 Å². The van der Waals surface area contributed by atoms with Crippen molar-refractivity contribution < 1.29 is 9.53 Å². The van der Waals surface area contributed by atoms with E-state index in [1.54, 1.807) is 0 Å². The van der Waals surface area contributed by atoms with Gasteiger partial charge in [0.05, 0.1) is 16.8 Å². The van der Waals surface area contributed by atoms with Gasteiger partial charge in [-0.2, -0.15) is 0 Å². The number of thiazole rings is 1. The molecule has 0 bridgehead atoms. The summed E-state index contributed by atoms with van der Waals surface area (Å²) in [5.74, 6) is 0.864. The van der Waals surface area contributed by atoms with Crippen LogP contribution in [0, 0.1) is 20.8 Å². The number of para-hydroxylation sites is 1. The van der Waals surface area contributed by atoms with Gasteiger partial charge >= 0.3 is 0 Å². The second kappa shape index (κ2) is 7.66. The van der Waals surface area contributed by atoms with Gasteiger partial charge in [0.1, 0.15) is 5.75 Å². The number of amides is 1. The maximum absolute atomic E-state index is 12.1. The molecule has 130 valence electrons. The number of rotatable bonds is 6. The van der Waals surface area contributed by atoms with Gasteiger partial charge < -0.3 is 10.1 Å². The van der Waals surface area contributed by atoms with Crippen molar-refractivity contribution in [2.24, 2.45) is 0 Å². The van der Waals surface area contributed by atoms with Crippen LogP contribution in [0.5, 0.6) is 5.75 Å². The average molecular weight is 354 g/mol. The minimum atomic E-state index is -0.0266. The summed E-state index contributed by atoms with van der Waals surface area (Å²) in [4.78, 5) is 16.6. The van der Waals surface area contributed by atoms with Gasteiger partial charge in [-0.15, -0.1) is 0 Å². The Morgan fingerprint density at radius 2 is 2.00 bits per heavy atom. The highest BCUT2D eigenvalue weighted by Gasteiger charge is 2.09. The third-order valence-corrected chi connectivity index (χ3v) is 4.95. The van der Waals surface area contributed by atoms with Crippen molar-refractivity contribution in [1.29, 1.82) is 0 Å². The Morgan fingerprint density at radius 3 is 2.80 bits per heavy atom. The summed E-state index contributed by atoms with van der Waals surface area (Å²) in [6.07, 6.45) is 1.09. The van der Waals surface area contributed by atoms with Crippen LogP contribution in [0.1, 0.15) is 29.5 Å². The number of fused-ring (bicyclic) bond motifs is 1. The summed E-state index contributed by atoms with van der Waals surface area (Å²) < 4.78 is 6.88. The van der Waals surface area contributed by atoms with Gasteiger partial charge in [0, 0.05) is 6.42 Å². The van der Waals surface area contributed by atoms with Crippen molar-refractivity contribution in [3.8, 4) is 5.75 Å². The fourth-order valence-electron chi connectivity index (χ4n) is 2.60. The molecule has 0 saturated carbocycles. The lowest BCUT2D eigenvalue weighted by molar-refractivity contribution is -0.116. The summed E-state index contributed by atoms with van der Waals surface area (Å²) in [5, 5.41) is 3.55. The maximum atomic E-state index is 12.1. The van der Waals surface area contributed by atoms with E-state index in [9.17, 15) is 4.79 Å². The third kappa shape index (κ3) is 4.37. The first-order chi connectivity index (χ1) is 12.0. The van der Waals surface area contributed by atoms with Crippen LogP contribution in [-0.4, -0.2) is 17.5 Å². The van der Waals surface area contributed by atoms with E-state index in [2.05, 4.69) is 16.4 Å². The van der Waals surface area contributed by atoms with E-state index in [0.717, 1.165) is 27.1 Å². The smallest absolute Gasteiger partial charge is 0.226 e. The highest BCUT2D eigenvalue weighted by Crippen LogP contribution is 2.28. The number of benzene rings is 2. The number of nitrogens with zero attached hydrogens (tertiary/aromatic N) is 1. The number of carbonyl (C=O) groups is 1. The Labute approximate surface area is 151 Å². The molecule has 4 nitrogen and oxygen atoms in total. The highest BCUT2D eigenvalue weighted by atomic mass is 32.1. The molecule has 0 aliphatic carbocycles. The molecular weight excluding hydrogens is 332 g/mol. The van der Waals surface area contributed by atoms with Crippen molar-refractivity contribution in [3.05, 3.63) is 53.1 Å². The molecule has 0 radical (unpaired) electrons. The Bertz CT molecular complexity index is 902.